The van der Waals surface area contributed by atoms with Gasteiger partial charge in [-0.25, -0.2) is 4.98 Å². The Morgan fingerprint density at radius 2 is 2.11 bits per heavy atom. The van der Waals surface area contributed by atoms with Crippen LogP contribution in [0.1, 0.15) is 29.1 Å². The molecule has 0 atom stereocenters. The second-order valence-electron chi connectivity index (χ2n) is 7.09. The first kappa shape index (κ1) is 20.8. The first-order valence-electron chi connectivity index (χ1n) is 9.77. The van der Waals surface area contributed by atoms with E-state index in [4.69, 9.17) is 14.5 Å². The van der Waals surface area contributed by atoms with Crippen LogP contribution in [-0.2, 0) is 22.6 Å². The number of aromatic nitrogens is 1. The third kappa shape index (κ3) is 6.29. The van der Waals surface area contributed by atoms with Crippen LogP contribution in [0, 0.1) is 6.92 Å². The van der Waals surface area contributed by atoms with E-state index in [0.717, 1.165) is 54.9 Å². The standard InChI is InChI=1S/C21H29N3O3S/c1-17-6-3-4-7-19(17)27-11-5-8-21(25)23(2)14-18-16-28-20(22-18)15-24-9-12-26-13-10-24/h3-4,6-7,16H,5,8-15H2,1-2H3. The molecule has 1 aromatic carbocycles. The summed E-state index contributed by atoms with van der Waals surface area (Å²) < 4.78 is 11.1. The number of morpholine rings is 1. The van der Waals surface area contributed by atoms with E-state index in [1.54, 1.807) is 16.2 Å². The van der Waals surface area contributed by atoms with Crippen LogP contribution in [0.4, 0.5) is 0 Å². The predicted octanol–water partition coefficient (Wildman–Crippen LogP) is 3.10. The van der Waals surface area contributed by atoms with Crippen LogP contribution < -0.4 is 4.74 Å². The van der Waals surface area contributed by atoms with E-state index in [9.17, 15) is 4.79 Å². The van der Waals surface area contributed by atoms with Crippen LogP contribution in [0.2, 0.25) is 0 Å². The summed E-state index contributed by atoms with van der Waals surface area (Å²) in [6.45, 7) is 7.49. The molecule has 2 heterocycles. The molecule has 0 saturated carbocycles. The van der Waals surface area contributed by atoms with Crippen LogP contribution in [0.25, 0.3) is 0 Å². The number of carbonyl (C=O) groups excluding carboxylic acids is 1. The van der Waals surface area contributed by atoms with Gasteiger partial charge in [0, 0.05) is 31.9 Å². The Bertz CT molecular complexity index is 759. The molecule has 28 heavy (non-hydrogen) atoms. The number of para-hydroxylation sites is 1. The summed E-state index contributed by atoms with van der Waals surface area (Å²) in [5, 5.41) is 3.16. The highest BCUT2D eigenvalue weighted by Gasteiger charge is 2.15. The molecule has 0 N–H and O–H groups in total. The topological polar surface area (TPSA) is 54.9 Å². The number of rotatable bonds is 9. The summed E-state index contributed by atoms with van der Waals surface area (Å²) in [5.41, 5.74) is 2.07. The number of hydrogen-bond donors (Lipinski definition) is 0. The maximum atomic E-state index is 12.4. The molecule has 1 fully saturated rings. The van der Waals surface area contributed by atoms with E-state index >= 15 is 0 Å². The molecular formula is C21H29N3O3S. The number of thiazole rings is 1. The molecule has 1 aliphatic rings. The van der Waals surface area contributed by atoms with Gasteiger partial charge in [0.15, 0.2) is 0 Å². The lowest BCUT2D eigenvalue weighted by Crippen LogP contribution is -2.35. The average molecular weight is 404 g/mol. The van der Waals surface area contributed by atoms with Crippen molar-refractivity contribution in [2.75, 3.05) is 40.0 Å². The fourth-order valence-electron chi connectivity index (χ4n) is 3.09. The molecule has 6 nitrogen and oxygen atoms in total. The van der Waals surface area contributed by atoms with Crippen molar-refractivity contribution >= 4 is 17.2 Å². The zero-order valence-corrected chi connectivity index (χ0v) is 17.5. The van der Waals surface area contributed by atoms with Crippen LogP contribution in [0.15, 0.2) is 29.6 Å². The van der Waals surface area contributed by atoms with E-state index < -0.39 is 0 Å². The predicted molar refractivity (Wildman–Crippen MR) is 111 cm³/mol. The minimum absolute atomic E-state index is 0.121. The van der Waals surface area contributed by atoms with Crippen LogP contribution in [0.3, 0.4) is 0 Å². The summed E-state index contributed by atoms with van der Waals surface area (Å²) in [6, 6.07) is 7.93. The fourth-order valence-corrected chi connectivity index (χ4v) is 3.92. The van der Waals surface area contributed by atoms with Crippen molar-refractivity contribution in [1.29, 1.82) is 0 Å². The minimum Gasteiger partial charge on any atom is -0.493 e. The van der Waals surface area contributed by atoms with Crippen molar-refractivity contribution in [1.82, 2.24) is 14.8 Å². The highest BCUT2D eigenvalue weighted by molar-refractivity contribution is 7.09. The van der Waals surface area contributed by atoms with Gasteiger partial charge in [-0.3, -0.25) is 9.69 Å². The number of hydrogen-bond acceptors (Lipinski definition) is 6. The Hall–Kier alpha value is -1.96. The van der Waals surface area contributed by atoms with Gasteiger partial charge < -0.3 is 14.4 Å². The molecule has 3 rings (SSSR count). The van der Waals surface area contributed by atoms with Gasteiger partial charge in [-0.15, -0.1) is 11.3 Å². The van der Waals surface area contributed by atoms with Crippen molar-refractivity contribution in [2.24, 2.45) is 0 Å². The number of amides is 1. The lowest BCUT2D eigenvalue weighted by molar-refractivity contribution is -0.130. The highest BCUT2D eigenvalue weighted by atomic mass is 32.1. The van der Waals surface area contributed by atoms with E-state index in [-0.39, 0.29) is 5.91 Å². The SMILES string of the molecule is Cc1ccccc1OCCCC(=O)N(C)Cc1csc(CN2CCOCC2)n1. The summed E-state index contributed by atoms with van der Waals surface area (Å²) in [6.07, 6.45) is 1.18. The maximum Gasteiger partial charge on any atom is 0.222 e. The van der Waals surface area contributed by atoms with Crippen molar-refractivity contribution in [3.63, 3.8) is 0 Å². The highest BCUT2D eigenvalue weighted by Crippen LogP contribution is 2.17. The molecule has 0 spiro atoms. The molecule has 7 heteroatoms. The molecule has 1 aromatic heterocycles. The molecule has 0 bridgehead atoms. The Balaban J connectivity index is 1.37. The monoisotopic (exact) mass is 403 g/mol. The van der Waals surface area contributed by atoms with Gasteiger partial charge in [0.25, 0.3) is 0 Å². The Morgan fingerprint density at radius 3 is 2.89 bits per heavy atom. The van der Waals surface area contributed by atoms with Gasteiger partial charge in [0.1, 0.15) is 10.8 Å². The summed E-state index contributed by atoms with van der Waals surface area (Å²) in [5.74, 6) is 1.01. The molecule has 1 aliphatic heterocycles. The molecule has 0 unspecified atom stereocenters. The lowest BCUT2D eigenvalue weighted by Gasteiger charge is -2.25. The van der Waals surface area contributed by atoms with E-state index in [0.29, 0.717) is 26.0 Å². The normalized spacial score (nSPS) is 14.8. The van der Waals surface area contributed by atoms with Gasteiger partial charge in [-0.1, -0.05) is 18.2 Å². The van der Waals surface area contributed by atoms with Gasteiger partial charge in [-0.2, -0.15) is 0 Å². The van der Waals surface area contributed by atoms with E-state index in [1.165, 1.54) is 0 Å². The van der Waals surface area contributed by atoms with E-state index in [2.05, 4.69) is 10.3 Å². The van der Waals surface area contributed by atoms with Crippen LogP contribution in [0.5, 0.6) is 5.75 Å². The van der Waals surface area contributed by atoms with Gasteiger partial charge in [0.2, 0.25) is 5.91 Å². The second kappa shape index (κ2) is 10.5. The van der Waals surface area contributed by atoms with Crippen molar-refractivity contribution in [2.45, 2.75) is 32.9 Å². The molecule has 152 valence electrons. The summed E-state index contributed by atoms with van der Waals surface area (Å²) in [4.78, 5) is 21.2. The number of aryl methyl sites for hydroxylation is 1. The largest absolute Gasteiger partial charge is 0.493 e. The van der Waals surface area contributed by atoms with Crippen molar-refractivity contribution in [3.05, 3.63) is 45.9 Å². The smallest absolute Gasteiger partial charge is 0.222 e. The number of benzene rings is 1. The Labute approximate surface area is 171 Å². The second-order valence-corrected chi connectivity index (χ2v) is 8.03. The van der Waals surface area contributed by atoms with Crippen LogP contribution in [-0.4, -0.2) is 60.6 Å². The van der Waals surface area contributed by atoms with Crippen LogP contribution >= 0.6 is 11.3 Å². The number of ether oxygens (including phenoxy) is 2. The van der Waals surface area contributed by atoms with Crippen molar-refractivity contribution in [3.8, 4) is 5.75 Å². The first-order chi connectivity index (χ1) is 13.6. The van der Waals surface area contributed by atoms with Crippen molar-refractivity contribution < 1.29 is 14.3 Å². The molecule has 1 amide bonds. The van der Waals surface area contributed by atoms with Gasteiger partial charge in [-0.05, 0) is 25.0 Å². The Kier molecular flexibility index (Phi) is 7.82. The van der Waals surface area contributed by atoms with Gasteiger partial charge in [0.05, 0.1) is 38.6 Å². The third-order valence-corrected chi connectivity index (χ3v) is 5.66. The lowest BCUT2D eigenvalue weighted by atomic mass is 10.2. The average Bonchev–Trinajstić information content (AvgIpc) is 3.13. The maximum absolute atomic E-state index is 12.4. The van der Waals surface area contributed by atoms with E-state index in [1.807, 2.05) is 38.2 Å². The fraction of sp³-hybridized carbons (Fsp3) is 0.524. The Morgan fingerprint density at radius 1 is 1.32 bits per heavy atom. The molecule has 0 aliphatic carbocycles. The number of carbonyl (C=O) groups is 1. The molecule has 1 saturated heterocycles. The third-order valence-electron chi connectivity index (χ3n) is 4.77. The molecular weight excluding hydrogens is 374 g/mol. The first-order valence-corrected chi connectivity index (χ1v) is 10.7. The number of nitrogens with zero attached hydrogens (tertiary/aromatic N) is 3. The zero-order chi connectivity index (χ0) is 19.8. The zero-order valence-electron chi connectivity index (χ0n) is 16.7. The molecule has 0 radical (unpaired) electrons. The summed E-state index contributed by atoms with van der Waals surface area (Å²) >= 11 is 1.67. The quantitative estimate of drug-likeness (QED) is 0.602. The minimum atomic E-state index is 0.121. The summed E-state index contributed by atoms with van der Waals surface area (Å²) in [7, 11) is 1.84. The van der Waals surface area contributed by atoms with Gasteiger partial charge >= 0.3 is 0 Å². The molecule has 2 aromatic rings.